The first-order valence-corrected chi connectivity index (χ1v) is 10.1. The molecule has 1 amide bonds. The number of amides is 1. The standard InChI is InChI=1S/C17H23BrN4O2S/c1-20(2)6-3-12-4-7-21(8-5-12)15(23)11-22-14-9-13(18)10-19-16(14)25-17(22)24/h9-10,12H,3-8,11H2,1-2H3. The number of nitrogens with zero attached hydrogens (tertiary/aromatic N) is 4. The number of aromatic nitrogens is 2. The Morgan fingerprint density at radius 1 is 1.40 bits per heavy atom. The SMILES string of the molecule is CN(C)CCC1CCN(C(=O)Cn2c(=O)sc3ncc(Br)cc32)CC1. The lowest BCUT2D eigenvalue weighted by atomic mass is 9.93. The van der Waals surface area contributed by atoms with E-state index < -0.39 is 0 Å². The number of carbonyl (C=O) groups excluding carboxylic acids is 1. The van der Waals surface area contributed by atoms with Gasteiger partial charge in [0.15, 0.2) is 0 Å². The van der Waals surface area contributed by atoms with Gasteiger partial charge in [-0.25, -0.2) is 4.98 Å². The molecule has 3 heterocycles. The van der Waals surface area contributed by atoms with Crippen molar-refractivity contribution in [2.75, 3.05) is 33.7 Å². The third kappa shape index (κ3) is 4.48. The number of hydrogen-bond donors (Lipinski definition) is 0. The fraction of sp³-hybridized carbons (Fsp3) is 0.588. The molecule has 1 aliphatic rings. The summed E-state index contributed by atoms with van der Waals surface area (Å²) < 4.78 is 2.35. The summed E-state index contributed by atoms with van der Waals surface area (Å²) in [5.74, 6) is 0.712. The van der Waals surface area contributed by atoms with Gasteiger partial charge in [0.05, 0.1) is 5.52 Å². The van der Waals surface area contributed by atoms with E-state index in [1.807, 2.05) is 11.0 Å². The van der Waals surface area contributed by atoms with Crippen molar-refractivity contribution in [3.63, 3.8) is 0 Å². The van der Waals surface area contributed by atoms with Crippen LogP contribution in [-0.4, -0.2) is 59.0 Å². The Labute approximate surface area is 159 Å². The molecule has 0 aromatic carbocycles. The van der Waals surface area contributed by atoms with Gasteiger partial charge in [-0.05, 0) is 67.8 Å². The highest BCUT2D eigenvalue weighted by atomic mass is 79.9. The number of pyridine rings is 1. The van der Waals surface area contributed by atoms with Crippen LogP contribution in [-0.2, 0) is 11.3 Å². The van der Waals surface area contributed by atoms with Crippen molar-refractivity contribution < 1.29 is 4.79 Å². The molecule has 0 atom stereocenters. The van der Waals surface area contributed by atoms with Crippen molar-refractivity contribution in [3.05, 3.63) is 26.4 Å². The monoisotopic (exact) mass is 426 g/mol. The summed E-state index contributed by atoms with van der Waals surface area (Å²) >= 11 is 4.46. The molecule has 0 spiro atoms. The van der Waals surface area contributed by atoms with Crippen molar-refractivity contribution >= 4 is 43.5 Å². The number of piperidine rings is 1. The summed E-state index contributed by atoms with van der Waals surface area (Å²) in [4.78, 5) is 33.8. The van der Waals surface area contributed by atoms with E-state index in [1.54, 1.807) is 6.20 Å². The molecule has 25 heavy (non-hydrogen) atoms. The van der Waals surface area contributed by atoms with Crippen LogP contribution in [0.1, 0.15) is 19.3 Å². The van der Waals surface area contributed by atoms with Crippen LogP contribution in [0, 0.1) is 5.92 Å². The number of fused-ring (bicyclic) bond motifs is 1. The van der Waals surface area contributed by atoms with Crippen LogP contribution in [0.4, 0.5) is 0 Å². The maximum atomic E-state index is 12.6. The fourth-order valence-corrected chi connectivity index (χ4v) is 4.36. The number of hydrogen-bond acceptors (Lipinski definition) is 5. The van der Waals surface area contributed by atoms with Gasteiger partial charge in [-0.3, -0.25) is 14.2 Å². The Morgan fingerprint density at radius 3 is 2.80 bits per heavy atom. The zero-order valence-electron chi connectivity index (χ0n) is 14.6. The molecule has 0 N–H and O–H groups in total. The number of thiazole rings is 1. The Balaban J connectivity index is 1.63. The van der Waals surface area contributed by atoms with E-state index in [-0.39, 0.29) is 17.3 Å². The molecule has 1 aliphatic heterocycles. The summed E-state index contributed by atoms with van der Waals surface area (Å²) in [6.45, 7) is 2.77. The molecular formula is C17H23BrN4O2S. The van der Waals surface area contributed by atoms with Crippen LogP contribution in [0.2, 0.25) is 0 Å². The van der Waals surface area contributed by atoms with Gasteiger partial charge in [-0.15, -0.1) is 0 Å². The lowest BCUT2D eigenvalue weighted by molar-refractivity contribution is -0.133. The summed E-state index contributed by atoms with van der Waals surface area (Å²) in [6, 6.07) is 1.85. The normalized spacial score (nSPS) is 16.1. The molecule has 0 radical (unpaired) electrons. The van der Waals surface area contributed by atoms with E-state index in [1.165, 1.54) is 11.0 Å². The number of halogens is 1. The Hall–Kier alpha value is -1.25. The van der Waals surface area contributed by atoms with E-state index in [4.69, 9.17) is 0 Å². The maximum absolute atomic E-state index is 12.6. The molecular weight excluding hydrogens is 404 g/mol. The van der Waals surface area contributed by atoms with E-state index in [9.17, 15) is 9.59 Å². The molecule has 3 rings (SSSR count). The molecule has 0 aliphatic carbocycles. The van der Waals surface area contributed by atoms with Crippen molar-refractivity contribution in [2.45, 2.75) is 25.8 Å². The van der Waals surface area contributed by atoms with Crippen LogP contribution in [0.3, 0.4) is 0 Å². The van der Waals surface area contributed by atoms with Crippen molar-refractivity contribution in [1.29, 1.82) is 0 Å². The van der Waals surface area contributed by atoms with Gasteiger partial charge >= 0.3 is 4.87 Å². The lowest BCUT2D eigenvalue weighted by Crippen LogP contribution is -2.41. The zero-order chi connectivity index (χ0) is 18.0. The minimum Gasteiger partial charge on any atom is -0.341 e. The van der Waals surface area contributed by atoms with Gasteiger partial charge in [0, 0.05) is 23.8 Å². The molecule has 2 aromatic heterocycles. The molecule has 6 nitrogen and oxygen atoms in total. The molecule has 2 aromatic rings. The van der Waals surface area contributed by atoms with Crippen LogP contribution in [0.5, 0.6) is 0 Å². The highest BCUT2D eigenvalue weighted by molar-refractivity contribution is 9.10. The maximum Gasteiger partial charge on any atom is 0.310 e. The first-order chi connectivity index (χ1) is 11.9. The quantitative estimate of drug-likeness (QED) is 0.736. The molecule has 0 unspecified atom stereocenters. The smallest absolute Gasteiger partial charge is 0.310 e. The second-order valence-corrected chi connectivity index (χ2v) is 8.70. The van der Waals surface area contributed by atoms with Crippen LogP contribution in [0.25, 0.3) is 10.3 Å². The predicted molar refractivity (Wildman–Crippen MR) is 104 cm³/mol. The second kappa shape index (κ2) is 7.97. The fourth-order valence-electron chi connectivity index (χ4n) is 3.22. The number of likely N-dealkylation sites (tertiary alicyclic amines) is 1. The van der Waals surface area contributed by atoms with E-state index in [0.717, 1.165) is 53.8 Å². The molecule has 1 fully saturated rings. The third-order valence-corrected chi connectivity index (χ3v) is 6.08. The highest BCUT2D eigenvalue weighted by Gasteiger charge is 2.24. The number of carbonyl (C=O) groups is 1. The minimum atomic E-state index is -0.130. The number of rotatable bonds is 5. The minimum absolute atomic E-state index is 0.0211. The molecule has 1 saturated heterocycles. The molecule has 136 valence electrons. The summed E-state index contributed by atoms with van der Waals surface area (Å²) in [5, 5.41) is 0. The van der Waals surface area contributed by atoms with Crippen molar-refractivity contribution in [2.24, 2.45) is 5.92 Å². The third-order valence-electron chi connectivity index (χ3n) is 4.74. The average Bonchev–Trinajstić information content (AvgIpc) is 2.88. The first-order valence-electron chi connectivity index (χ1n) is 8.51. The van der Waals surface area contributed by atoms with E-state index >= 15 is 0 Å². The zero-order valence-corrected chi connectivity index (χ0v) is 17.0. The van der Waals surface area contributed by atoms with Crippen molar-refractivity contribution in [1.82, 2.24) is 19.4 Å². The topological polar surface area (TPSA) is 58.4 Å². The summed E-state index contributed by atoms with van der Waals surface area (Å²) in [7, 11) is 4.18. The summed E-state index contributed by atoms with van der Waals surface area (Å²) in [5.41, 5.74) is 0.721. The Morgan fingerprint density at radius 2 is 2.12 bits per heavy atom. The van der Waals surface area contributed by atoms with Gasteiger partial charge < -0.3 is 9.80 Å². The Kier molecular flexibility index (Phi) is 5.91. The summed E-state index contributed by atoms with van der Waals surface area (Å²) in [6.07, 6.45) is 4.95. The van der Waals surface area contributed by atoms with E-state index in [2.05, 4.69) is 39.9 Å². The Bertz CT molecular complexity index is 809. The van der Waals surface area contributed by atoms with Gasteiger partial charge in [-0.1, -0.05) is 11.3 Å². The predicted octanol–water partition coefficient (Wildman–Crippen LogP) is 2.41. The van der Waals surface area contributed by atoms with Gasteiger partial charge in [0.25, 0.3) is 0 Å². The van der Waals surface area contributed by atoms with Crippen LogP contribution in [0.15, 0.2) is 21.5 Å². The van der Waals surface area contributed by atoms with E-state index in [0.29, 0.717) is 10.7 Å². The largest absolute Gasteiger partial charge is 0.341 e. The lowest BCUT2D eigenvalue weighted by Gasteiger charge is -2.32. The molecule has 0 saturated carbocycles. The first kappa shape index (κ1) is 18.5. The van der Waals surface area contributed by atoms with Crippen LogP contribution < -0.4 is 4.87 Å². The van der Waals surface area contributed by atoms with Crippen LogP contribution >= 0.6 is 27.3 Å². The van der Waals surface area contributed by atoms with Gasteiger partial charge in [0.1, 0.15) is 11.4 Å². The second-order valence-electron chi connectivity index (χ2n) is 6.85. The molecule has 8 heteroatoms. The molecule has 0 bridgehead atoms. The van der Waals surface area contributed by atoms with Gasteiger partial charge in [-0.2, -0.15) is 0 Å². The highest BCUT2D eigenvalue weighted by Crippen LogP contribution is 2.22. The van der Waals surface area contributed by atoms with Crippen molar-refractivity contribution in [3.8, 4) is 0 Å². The van der Waals surface area contributed by atoms with Gasteiger partial charge in [0.2, 0.25) is 5.91 Å². The average molecular weight is 427 g/mol.